The Balaban J connectivity index is 2.11. The van der Waals surface area contributed by atoms with E-state index < -0.39 is 0 Å². The molecule has 1 fully saturated rings. The van der Waals surface area contributed by atoms with Crippen LogP contribution in [0.3, 0.4) is 0 Å². The van der Waals surface area contributed by atoms with Crippen LogP contribution in [-0.4, -0.2) is 42.8 Å². The fraction of sp³-hybridized carbons (Fsp3) is 0.600. The lowest BCUT2D eigenvalue weighted by molar-refractivity contribution is 0.141. The third kappa shape index (κ3) is 3.31. The maximum absolute atomic E-state index is 9.29. The summed E-state index contributed by atoms with van der Waals surface area (Å²) < 4.78 is 0. The molecule has 0 spiro atoms. The molecule has 0 bridgehead atoms. The Morgan fingerprint density at radius 2 is 1.89 bits per heavy atom. The van der Waals surface area contributed by atoms with E-state index in [0.717, 1.165) is 39.0 Å². The molecule has 0 unspecified atom stereocenters. The normalized spacial score (nSPS) is 18.8. The van der Waals surface area contributed by atoms with Crippen molar-refractivity contribution in [1.29, 1.82) is 0 Å². The van der Waals surface area contributed by atoms with Crippen molar-refractivity contribution in [1.82, 2.24) is 10.2 Å². The Kier molecular flexibility index (Phi) is 5.17. The molecule has 1 aliphatic heterocycles. The smallest absolute Gasteiger partial charge is 0.0449 e. The first-order chi connectivity index (χ1) is 8.85. The number of nitrogens with one attached hydrogen (secondary N) is 1. The molecule has 0 radical (unpaired) electrons. The zero-order valence-electron chi connectivity index (χ0n) is 11.2. The molecular formula is C15H24N2O. The predicted octanol–water partition coefficient (Wildman–Crippen LogP) is 1.58. The van der Waals surface area contributed by atoms with Crippen molar-refractivity contribution in [2.45, 2.75) is 25.8 Å². The van der Waals surface area contributed by atoms with Gasteiger partial charge in [-0.1, -0.05) is 31.2 Å². The second-order valence-corrected chi connectivity index (χ2v) is 4.91. The zero-order chi connectivity index (χ0) is 12.8. The molecule has 3 heteroatoms. The van der Waals surface area contributed by atoms with Crippen molar-refractivity contribution in [3.63, 3.8) is 0 Å². The Hall–Kier alpha value is -0.900. The summed E-state index contributed by atoms with van der Waals surface area (Å²) in [6, 6.07) is 9.23. The lowest BCUT2D eigenvalue weighted by Crippen LogP contribution is -2.45. The second-order valence-electron chi connectivity index (χ2n) is 4.91. The zero-order valence-corrected chi connectivity index (χ0v) is 11.2. The third-order valence-electron chi connectivity index (χ3n) is 3.77. The summed E-state index contributed by atoms with van der Waals surface area (Å²) in [5.41, 5.74) is 2.71. The fourth-order valence-electron chi connectivity index (χ4n) is 2.65. The first kappa shape index (κ1) is 13.5. The van der Waals surface area contributed by atoms with Crippen LogP contribution in [0, 0.1) is 0 Å². The maximum atomic E-state index is 9.29. The summed E-state index contributed by atoms with van der Waals surface area (Å²) in [6.07, 6.45) is 1.91. The van der Waals surface area contributed by atoms with Crippen LogP contribution in [0.1, 0.15) is 30.5 Å². The number of benzene rings is 1. The van der Waals surface area contributed by atoms with Crippen molar-refractivity contribution in [3.8, 4) is 0 Å². The van der Waals surface area contributed by atoms with Crippen LogP contribution in [0.4, 0.5) is 0 Å². The number of rotatable bonds is 5. The fourth-order valence-corrected chi connectivity index (χ4v) is 2.65. The number of aryl methyl sites for hydroxylation is 1. The van der Waals surface area contributed by atoms with Gasteiger partial charge in [0.1, 0.15) is 0 Å². The first-order valence-electron chi connectivity index (χ1n) is 6.99. The van der Waals surface area contributed by atoms with Crippen LogP contribution < -0.4 is 5.32 Å². The highest BCUT2D eigenvalue weighted by molar-refractivity contribution is 5.25. The molecule has 1 aromatic rings. The Morgan fingerprint density at radius 3 is 2.44 bits per heavy atom. The van der Waals surface area contributed by atoms with Crippen molar-refractivity contribution >= 4 is 0 Å². The van der Waals surface area contributed by atoms with Gasteiger partial charge in [-0.3, -0.25) is 4.90 Å². The highest BCUT2D eigenvalue weighted by atomic mass is 16.3. The van der Waals surface area contributed by atoms with Gasteiger partial charge in [0.25, 0.3) is 0 Å². The average molecular weight is 248 g/mol. The van der Waals surface area contributed by atoms with Gasteiger partial charge < -0.3 is 10.4 Å². The molecule has 1 heterocycles. The molecule has 1 atom stereocenters. The molecule has 18 heavy (non-hydrogen) atoms. The monoisotopic (exact) mass is 248 g/mol. The SMILES string of the molecule is CCc1ccc([C@@H](CCO)N2CCNCC2)cc1. The predicted molar refractivity (Wildman–Crippen MR) is 74.7 cm³/mol. The second kappa shape index (κ2) is 6.88. The molecule has 0 aromatic heterocycles. The molecule has 1 aromatic carbocycles. The van der Waals surface area contributed by atoms with Crippen molar-refractivity contribution in [2.75, 3.05) is 32.8 Å². The van der Waals surface area contributed by atoms with E-state index in [4.69, 9.17) is 0 Å². The number of piperazine rings is 1. The third-order valence-corrected chi connectivity index (χ3v) is 3.77. The van der Waals surface area contributed by atoms with Gasteiger partial charge in [0, 0.05) is 38.8 Å². The van der Waals surface area contributed by atoms with Crippen LogP contribution in [0.5, 0.6) is 0 Å². The summed E-state index contributed by atoms with van der Waals surface area (Å²) in [5.74, 6) is 0. The van der Waals surface area contributed by atoms with E-state index in [2.05, 4.69) is 41.4 Å². The van der Waals surface area contributed by atoms with Gasteiger partial charge in [-0.25, -0.2) is 0 Å². The summed E-state index contributed by atoms with van der Waals surface area (Å²) in [5, 5.41) is 12.7. The molecule has 1 aliphatic rings. The summed E-state index contributed by atoms with van der Waals surface area (Å²) in [6.45, 7) is 6.67. The molecule has 2 rings (SSSR count). The van der Waals surface area contributed by atoms with E-state index in [1.807, 2.05) is 0 Å². The minimum Gasteiger partial charge on any atom is -0.396 e. The van der Waals surface area contributed by atoms with E-state index in [0.29, 0.717) is 6.04 Å². The quantitative estimate of drug-likeness (QED) is 0.830. The largest absolute Gasteiger partial charge is 0.396 e. The van der Waals surface area contributed by atoms with E-state index in [-0.39, 0.29) is 6.61 Å². The van der Waals surface area contributed by atoms with Gasteiger partial charge in [-0.05, 0) is 24.0 Å². The molecule has 0 amide bonds. The number of aliphatic hydroxyl groups is 1. The first-order valence-corrected chi connectivity index (χ1v) is 6.99. The topological polar surface area (TPSA) is 35.5 Å². The summed E-state index contributed by atoms with van der Waals surface area (Å²) in [7, 11) is 0. The molecule has 100 valence electrons. The van der Waals surface area contributed by atoms with Gasteiger partial charge in [-0.15, -0.1) is 0 Å². The van der Waals surface area contributed by atoms with Crippen LogP contribution in [0.2, 0.25) is 0 Å². The highest BCUT2D eigenvalue weighted by Gasteiger charge is 2.21. The Bertz CT molecular complexity index is 344. The van der Waals surface area contributed by atoms with Gasteiger partial charge in [0.2, 0.25) is 0 Å². The van der Waals surface area contributed by atoms with Gasteiger partial charge in [0.05, 0.1) is 0 Å². The molecule has 1 saturated heterocycles. The van der Waals surface area contributed by atoms with E-state index >= 15 is 0 Å². The van der Waals surface area contributed by atoms with Crippen LogP contribution >= 0.6 is 0 Å². The number of hydrogen-bond donors (Lipinski definition) is 2. The molecule has 0 saturated carbocycles. The van der Waals surface area contributed by atoms with Gasteiger partial charge >= 0.3 is 0 Å². The van der Waals surface area contributed by atoms with E-state index in [9.17, 15) is 5.11 Å². The van der Waals surface area contributed by atoms with Crippen LogP contribution in [0.25, 0.3) is 0 Å². The van der Waals surface area contributed by atoms with E-state index in [1.54, 1.807) is 0 Å². The average Bonchev–Trinajstić information content (AvgIpc) is 2.46. The van der Waals surface area contributed by atoms with Gasteiger partial charge in [0.15, 0.2) is 0 Å². The lowest BCUT2D eigenvalue weighted by Gasteiger charge is -2.35. The standard InChI is InChI=1S/C15H24N2O/c1-2-13-3-5-14(6-4-13)15(7-12-18)17-10-8-16-9-11-17/h3-6,15-16,18H,2,7-12H2,1H3/t15-/m1/s1. The lowest BCUT2D eigenvalue weighted by atomic mass is 9.99. The Morgan fingerprint density at radius 1 is 1.22 bits per heavy atom. The van der Waals surface area contributed by atoms with Gasteiger partial charge in [-0.2, -0.15) is 0 Å². The summed E-state index contributed by atoms with van der Waals surface area (Å²) >= 11 is 0. The molecule has 2 N–H and O–H groups in total. The van der Waals surface area contributed by atoms with Crippen molar-refractivity contribution in [3.05, 3.63) is 35.4 Å². The number of aliphatic hydroxyl groups excluding tert-OH is 1. The minimum absolute atomic E-state index is 0.254. The molecule has 3 nitrogen and oxygen atoms in total. The number of hydrogen-bond acceptors (Lipinski definition) is 3. The van der Waals surface area contributed by atoms with E-state index in [1.165, 1.54) is 11.1 Å². The number of nitrogens with zero attached hydrogens (tertiary/aromatic N) is 1. The summed E-state index contributed by atoms with van der Waals surface area (Å²) in [4.78, 5) is 2.48. The van der Waals surface area contributed by atoms with Crippen molar-refractivity contribution in [2.24, 2.45) is 0 Å². The van der Waals surface area contributed by atoms with Crippen LogP contribution in [-0.2, 0) is 6.42 Å². The molecule has 0 aliphatic carbocycles. The van der Waals surface area contributed by atoms with Crippen molar-refractivity contribution < 1.29 is 5.11 Å². The maximum Gasteiger partial charge on any atom is 0.0449 e. The minimum atomic E-state index is 0.254. The Labute approximate surface area is 110 Å². The van der Waals surface area contributed by atoms with Crippen LogP contribution in [0.15, 0.2) is 24.3 Å². The molecular weight excluding hydrogens is 224 g/mol. The highest BCUT2D eigenvalue weighted by Crippen LogP contribution is 2.24.